The van der Waals surface area contributed by atoms with Gasteiger partial charge in [0.2, 0.25) is 0 Å². The second-order valence-corrected chi connectivity index (χ2v) is 9.28. The highest BCUT2D eigenvalue weighted by Gasteiger charge is 2.20. The molecule has 4 rings (SSSR count). The first-order chi connectivity index (χ1) is 15.9. The molecule has 2 fully saturated rings. The number of para-hydroxylation sites is 2. The van der Waals surface area contributed by atoms with Crippen molar-refractivity contribution < 1.29 is 10.2 Å². The fourth-order valence-corrected chi connectivity index (χ4v) is 4.69. The summed E-state index contributed by atoms with van der Waals surface area (Å²) in [4.78, 5) is 9.25. The Hall–Kier alpha value is -1.86. The van der Waals surface area contributed by atoms with Crippen LogP contribution in [0.5, 0.6) is 11.5 Å². The number of halogens is 2. The smallest absolute Gasteiger partial charge is 0.157 e. The first-order valence-corrected chi connectivity index (χ1v) is 12.6. The predicted octanol–water partition coefficient (Wildman–Crippen LogP) is 4.77. The monoisotopic (exact) mass is 494 g/mol. The molecular formula is C25H36Cl2N4O2. The minimum Gasteiger partial charge on any atom is -0.504 e. The Morgan fingerprint density at radius 2 is 1.09 bits per heavy atom. The molecular weight excluding hydrogens is 459 g/mol. The van der Waals surface area contributed by atoms with Crippen LogP contribution in [0, 0.1) is 0 Å². The van der Waals surface area contributed by atoms with Crippen molar-refractivity contribution in [3.8, 4) is 11.5 Å². The summed E-state index contributed by atoms with van der Waals surface area (Å²) >= 11 is 11.8. The lowest BCUT2D eigenvalue weighted by Gasteiger charge is -2.36. The molecule has 0 amide bonds. The second kappa shape index (κ2) is 12.6. The van der Waals surface area contributed by atoms with Crippen molar-refractivity contribution in [3.05, 3.63) is 46.4 Å². The Morgan fingerprint density at radius 3 is 1.48 bits per heavy atom. The standard InChI is InChI=1S/C13H19ClN2O.C12H17ClN2O/c1-2-6-15-7-9-16(10-8-15)12-5-3-4-11(14)13(12)17;1-2-14-6-8-15(9-7-14)11-5-3-4-10(13)12(11)16/h3-5,17H,2,6-10H2,1H3;3-5,16H,2,6-9H2,1H3. The summed E-state index contributed by atoms with van der Waals surface area (Å²) in [6, 6.07) is 11.0. The van der Waals surface area contributed by atoms with E-state index < -0.39 is 0 Å². The van der Waals surface area contributed by atoms with Crippen LogP contribution in [-0.2, 0) is 0 Å². The summed E-state index contributed by atoms with van der Waals surface area (Å²) in [5.41, 5.74) is 1.71. The molecule has 2 aromatic carbocycles. The largest absolute Gasteiger partial charge is 0.504 e. The topological polar surface area (TPSA) is 53.4 Å². The van der Waals surface area contributed by atoms with E-state index in [1.54, 1.807) is 12.1 Å². The molecule has 33 heavy (non-hydrogen) atoms. The van der Waals surface area contributed by atoms with Crippen molar-refractivity contribution in [2.45, 2.75) is 20.3 Å². The second-order valence-electron chi connectivity index (χ2n) is 8.47. The predicted molar refractivity (Wildman–Crippen MR) is 140 cm³/mol. The number of piperazine rings is 2. The molecule has 0 bridgehead atoms. The van der Waals surface area contributed by atoms with E-state index in [9.17, 15) is 10.2 Å². The highest BCUT2D eigenvalue weighted by atomic mass is 35.5. The Labute approximate surface area is 207 Å². The number of anilines is 2. The third-order valence-corrected chi connectivity index (χ3v) is 6.95. The Kier molecular flexibility index (Phi) is 9.80. The molecule has 0 aromatic heterocycles. The van der Waals surface area contributed by atoms with Gasteiger partial charge < -0.3 is 24.9 Å². The first kappa shape index (κ1) is 25.8. The number of likely N-dealkylation sites (N-methyl/N-ethyl adjacent to an activating group) is 1. The summed E-state index contributed by atoms with van der Waals surface area (Å²) in [5.74, 6) is 0.409. The number of hydrogen-bond acceptors (Lipinski definition) is 6. The lowest BCUT2D eigenvalue weighted by molar-refractivity contribution is 0.258. The van der Waals surface area contributed by atoms with Gasteiger partial charge in [-0.3, -0.25) is 4.90 Å². The van der Waals surface area contributed by atoms with E-state index in [1.165, 1.54) is 6.42 Å². The van der Waals surface area contributed by atoms with Crippen molar-refractivity contribution in [2.75, 3.05) is 75.2 Å². The van der Waals surface area contributed by atoms with Gasteiger partial charge in [-0.05, 0) is 43.8 Å². The van der Waals surface area contributed by atoms with Crippen LogP contribution in [0.25, 0.3) is 0 Å². The number of phenols is 2. The molecule has 2 heterocycles. The molecule has 0 atom stereocenters. The lowest BCUT2D eigenvalue weighted by Crippen LogP contribution is -2.46. The molecule has 2 saturated heterocycles. The number of hydrogen-bond donors (Lipinski definition) is 2. The van der Waals surface area contributed by atoms with Crippen molar-refractivity contribution in [3.63, 3.8) is 0 Å². The molecule has 0 radical (unpaired) electrons. The average molecular weight is 495 g/mol. The Balaban J connectivity index is 0.000000186. The van der Waals surface area contributed by atoms with Crippen molar-refractivity contribution in [1.29, 1.82) is 0 Å². The molecule has 6 nitrogen and oxygen atoms in total. The summed E-state index contributed by atoms with van der Waals surface area (Å²) in [6.07, 6.45) is 1.20. The maximum Gasteiger partial charge on any atom is 0.157 e. The van der Waals surface area contributed by atoms with E-state index >= 15 is 0 Å². The van der Waals surface area contributed by atoms with Gasteiger partial charge in [-0.1, -0.05) is 49.2 Å². The number of rotatable bonds is 5. The summed E-state index contributed by atoms with van der Waals surface area (Å²) in [7, 11) is 0. The van der Waals surface area contributed by atoms with E-state index in [1.807, 2.05) is 24.3 Å². The Morgan fingerprint density at radius 1 is 0.667 bits per heavy atom. The fraction of sp³-hybridized carbons (Fsp3) is 0.520. The number of aromatic hydroxyl groups is 2. The minimum atomic E-state index is 0.203. The van der Waals surface area contributed by atoms with Gasteiger partial charge in [0, 0.05) is 52.4 Å². The average Bonchev–Trinajstić information content (AvgIpc) is 2.84. The SMILES string of the molecule is CCCN1CCN(c2cccc(Cl)c2O)CC1.CCN1CCN(c2cccc(Cl)c2O)CC1. The van der Waals surface area contributed by atoms with E-state index in [2.05, 4.69) is 33.4 Å². The molecule has 2 aromatic rings. The minimum absolute atomic E-state index is 0.203. The van der Waals surface area contributed by atoms with Gasteiger partial charge in [0.1, 0.15) is 0 Å². The maximum absolute atomic E-state index is 9.93. The van der Waals surface area contributed by atoms with Crippen LogP contribution in [0.4, 0.5) is 11.4 Å². The molecule has 0 unspecified atom stereocenters. The maximum atomic E-state index is 9.93. The van der Waals surface area contributed by atoms with Crippen molar-refractivity contribution >= 4 is 34.6 Å². The van der Waals surface area contributed by atoms with Gasteiger partial charge in [-0.15, -0.1) is 0 Å². The van der Waals surface area contributed by atoms with E-state index in [-0.39, 0.29) is 11.5 Å². The first-order valence-electron chi connectivity index (χ1n) is 11.8. The molecule has 0 spiro atoms. The molecule has 2 aliphatic rings. The quantitative estimate of drug-likeness (QED) is 0.624. The molecule has 2 N–H and O–H groups in total. The van der Waals surface area contributed by atoms with Crippen LogP contribution in [-0.4, -0.2) is 85.5 Å². The van der Waals surface area contributed by atoms with E-state index in [0.29, 0.717) is 10.0 Å². The summed E-state index contributed by atoms with van der Waals surface area (Å²) in [5, 5.41) is 20.7. The van der Waals surface area contributed by atoms with Gasteiger partial charge in [0.15, 0.2) is 11.5 Å². The highest BCUT2D eigenvalue weighted by Crippen LogP contribution is 2.35. The highest BCUT2D eigenvalue weighted by molar-refractivity contribution is 6.32. The third-order valence-electron chi connectivity index (χ3n) is 6.34. The zero-order valence-corrected chi connectivity index (χ0v) is 21.2. The molecule has 182 valence electrons. The molecule has 8 heteroatoms. The van der Waals surface area contributed by atoms with E-state index in [0.717, 1.165) is 76.8 Å². The van der Waals surface area contributed by atoms with Gasteiger partial charge >= 0.3 is 0 Å². The third kappa shape index (κ3) is 6.82. The molecule has 0 aliphatic carbocycles. The number of benzene rings is 2. The molecule has 2 aliphatic heterocycles. The van der Waals surface area contributed by atoms with Crippen LogP contribution in [0.15, 0.2) is 36.4 Å². The summed E-state index contributed by atoms with van der Waals surface area (Å²) < 4.78 is 0. The van der Waals surface area contributed by atoms with Crippen molar-refractivity contribution in [1.82, 2.24) is 9.80 Å². The van der Waals surface area contributed by atoms with Crippen LogP contribution < -0.4 is 9.80 Å². The zero-order chi connectivity index (χ0) is 23.8. The van der Waals surface area contributed by atoms with Gasteiger partial charge in [0.05, 0.1) is 21.4 Å². The normalized spacial score (nSPS) is 17.6. The van der Waals surface area contributed by atoms with Gasteiger partial charge in [-0.25, -0.2) is 0 Å². The van der Waals surface area contributed by atoms with Crippen LogP contribution in [0.3, 0.4) is 0 Å². The van der Waals surface area contributed by atoms with Crippen LogP contribution in [0.1, 0.15) is 20.3 Å². The van der Waals surface area contributed by atoms with Crippen molar-refractivity contribution in [2.24, 2.45) is 0 Å². The van der Waals surface area contributed by atoms with E-state index in [4.69, 9.17) is 23.2 Å². The number of nitrogens with zero attached hydrogens (tertiary/aromatic N) is 4. The Bertz CT molecular complexity index is 883. The fourth-order valence-electron chi connectivity index (χ4n) is 4.35. The van der Waals surface area contributed by atoms with Gasteiger partial charge in [0.25, 0.3) is 0 Å². The lowest BCUT2D eigenvalue weighted by atomic mass is 10.2. The summed E-state index contributed by atoms with van der Waals surface area (Å²) in [6.45, 7) is 14.6. The number of phenolic OH excluding ortho intramolecular Hbond substituents is 2. The zero-order valence-electron chi connectivity index (χ0n) is 19.7. The van der Waals surface area contributed by atoms with Crippen LogP contribution in [0.2, 0.25) is 10.0 Å². The van der Waals surface area contributed by atoms with Crippen LogP contribution >= 0.6 is 23.2 Å². The van der Waals surface area contributed by atoms with Gasteiger partial charge in [-0.2, -0.15) is 0 Å². The molecule has 0 saturated carbocycles.